The number of pyridine rings is 3. The number of rotatable bonds is 7. The molecule has 4 aromatic rings. The Morgan fingerprint density at radius 2 is 1.68 bits per heavy atom. The summed E-state index contributed by atoms with van der Waals surface area (Å²) >= 11 is 0. The van der Waals surface area contributed by atoms with Gasteiger partial charge in [0, 0.05) is 60.5 Å². The van der Waals surface area contributed by atoms with Crippen molar-refractivity contribution in [3.05, 3.63) is 84.8 Å². The van der Waals surface area contributed by atoms with Gasteiger partial charge in [-0.3, -0.25) is 14.8 Å². The van der Waals surface area contributed by atoms with Crippen LogP contribution in [0.2, 0.25) is 0 Å². The molecule has 1 aliphatic heterocycles. The summed E-state index contributed by atoms with van der Waals surface area (Å²) in [5, 5.41) is 3.53. The molecule has 3 aromatic heterocycles. The van der Waals surface area contributed by atoms with Crippen LogP contribution in [0, 0.1) is 0 Å². The summed E-state index contributed by atoms with van der Waals surface area (Å²) in [6.45, 7) is 1.59. The molecular weight excluding hydrogens is 472 g/mol. The van der Waals surface area contributed by atoms with E-state index in [2.05, 4.69) is 52.5 Å². The van der Waals surface area contributed by atoms with E-state index in [0.29, 0.717) is 12.1 Å². The van der Waals surface area contributed by atoms with Gasteiger partial charge in [0.15, 0.2) is 0 Å². The third-order valence-electron chi connectivity index (χ3n) is 7.40. The van der Waals surface area contributed by atoms with E-state index in [1.807, 2.05) is 59.8 Å². The van der Waals surface area contributed by atoms with E-state index < -0.39 is 0 Å². The Bertz CT molecular complexity index is 1430. The molecule has 7 nitrogen and oxygen atoms in total. The van der Waals surface area contributed by atoms with Crippen LogP contribution in [-0.4, -0.2) is 69.9 Å². The van der Waals surface area contributed by atoms with Gasteiger partial charge in [0.1, 0.15) is 5.82 Å². The molecule has 192 valence electrons. The summed E-state index contributed by atoms with van der Waals surface area (Å²) < 4.78 is 0. The van der Waals surface area contributed by atoms with Gasteiger partial charge in [-0.25, -0.2) is 4.98 Å². The SMILES string of the molecule is CN(C)C1CCN(C(=O)c2ccc(-c3cncc(-c4cc(NC5CC5)nc(-c5ccccn5)c4)c3)cc2)C1. The predicted octanol–water partition coefficient (Wildman–Crippen LogP) is 5.22. The summed E-state index contributed by atoms with van der Waals surface area (Å²) in [5.74, 6) is 0.958. The number of nitrogens with zero attached hydrogens (tertiary/aromatic N) is 5. The quantitative estimate of drug-likeness (QED) is 0.372. The van der Waals surface area contributed by atoms with Crippen LogP contribution in [0.3, 0.4) is 0 Å². The first-order valence-electron chi connectivity index (χ1n) is 13.2. The minimum Gasteiger partial charge on any atom is -0.367 e. The maximum atomic E-state index is 13.0. The van der Waals surface area contributed by atoms with E-state index in [9.17, 15) is 4.79 Å². The predicted molar refractivity (Wildman–Crippen MR) is 151 cm³/mol. The number of carbonyl (C=O) groups is 1. The first kappa shape index (κ1) is 24.2. The minimum atomic E-state index is 0.0994. The molecule has 7 heteroatoms. The Morgan fingerprint density at radius 3 is 2.37 bits per heavy atom. The summed E-state index contributed by atoms with van der Waals surface area (Å²) in [6.07, 6.45) is 8.91. The van der Waals surface area contributed by atoms with Crippen LogP contribution in [-0.2, 0) is 0 Å². The van der Waals surface area contributed by atoms with Gasteiger partial charge in [-0.15, -0.1) is 0 Å². The summed E-state index contributed by atoms with van der Waals surface area (Å²) in [6, 6.07) is 21.0. The Morgan fingerprint density at radius 1 is 0.895 bits per heavy atom. The zero-order valence-corrected chi connectivity index (χ0v) is 21.8. The van der Waals surface area contributed by atoms with Gasteiger partial charge in [0.05, 0.1) is 11.4 Å². The lowest BCUT2D eigenvalue weighted by molar-refractivity contribution is 0.0783. The lowest BCUT2D eigenvalue weighted by Gasteiger charge is -2.20. The van der Waals surface area contributed by atoms with Gasteiger partial charge in [-0.1, -0.05) is 18.2 Å². The lowest BCUT2D eigenvalue weighted by Crippen LogP contribution is -2.34. The molecule has 1 N–H and O–H groups in total. The molecule has 0 bridgehead atoms. The average molecular weight is 505 g/mol. The van der Waals surface area contributed by atoms with Crippen LogP contribution in [0.1, 0.15) is 29.6 Å². The zero-order chi connectivity index (χ0) is 26.1. The zero-order valence-electron chi connectivity index (χ0n) is 21.8. The summed E-state index contributed by atoms with van der Waals surface area (Å²) in [7, 11) is 4.15. The van der Waals surface area contributed by atoms with Gasteiger partial charge >= 0.3 is 0 Å². The molecule has 1 saturated carbocycles. The standard InChI is InChI=1S/C31H32N6O/c1-36(2)27-12-14-37(20-27)31(38)22-8-6-21(7-9-22)24-15-25(19-32-18-24)23-16-29(28-5-3-4-13-33-28)35-30(17-23)34-26-10-11-26/h3-9,13,15-19,26-27H,10-12,14,20H2,1-2H3,(H,34,35). The molecule has 0 spiro atoms. The molecule has 2 fully saturated rings. The molecule has 4 heterocycles. The Hall–Kier alpha value is -4.10. The highest BCUT2D eigenvalue weighted by molar-refractivity contribution is 5.95. The molecule has 38 heavy (non-hydrogen) atoms. The second-order valence-corrected chi connectivity index (χ2v) is 10.5. The smallest absolute Gasteiger partial charge is 0.253 e. The highest BCUT2D eigenvalue weighted by Gasteiger charge is 2.28. The van der Waals surface area contributed by atoms with Crippen LogP contribution in [0.15, 0.2) is 79.3 Å². The topological polar surface area (TPSA) is 74.2 Å². The minimum absolute atomic E-state index is 0.0994. The molecule has 1 aliphatic carbocycles. The number of nitrogens with one attached hydrogen (secondary N) is 1. The van der Waals surface area contributed by atoms with Gasteiger partial charge < -0.3 is 15.1 Å². The monoisotopic (exact) mass is 504 g/mol. The van der Waals surface area contributed by atoms with Crippen molar-refractivity contribution < 1.29 is 4.79 Å². The molecule has 0 radical (unpaired) electrons. The number of hydrogen-bond donors (Lipinski definition) is 1. The van der Waals surface area contributed by atoms with Gasteiger partial charge in [-0.05, 0) is 86.9 Å². The molecular formula is C31H32N6O. The Kier molecular flexibility index (Phi) is 6.60. The number of aromatic nitrogens is 3. The fourth-order valence-corrected chi connectivity index (χ4v) is 4.94. The normalized spacial score (nSPS) is 17.1. The lowest BCUT2D eigenvalue weighted by atomic mass is 10.0. The summed E-state index contributed by atoms with van der Waals surface area (Å²) in [5.41, 5.74) is 6.47. The number of hydrogen-bond acceptors (Lipinski definition) is 6. The third-order valence-corrected chi connectivity index (χ3v) is 7.40. The molecule has 1 amide bonds. The second-order valence-electron chi connectivity index (χ2n) is 10.5. The van der Waals surface area contributed by atoms with Gasteiger partial charge in [0.25, 0.3) is 5.91 Å². The van der Waals surface area contributed by atoms with Crippen molar-refractivity contribution in [1.29, 1.82) is 0 Å². The van der Waals surface area contributed by atoms with Crippen molar-refractivity contribution in [2.75, 3.05) is 32.5 Å². The van der Waals surface area contributed by atoms with Gasteiger partial charge in [0.2, 0.25) is 0 Å². The van der Waals surface area contributed by atoms with Crippen molar-refractivity contribution in [3.8, 4) is 33.6 Å². The van der Waals surface area contributed by atoms with E-state index >= 15 is 0 Å². The van der Waals surface area contributed by atoms with E-state index in [-0.39, 0.29) is 5.91 Å². The molecule has 1 unspecified atom stereocenters. The maximum Gasteiger partial charge on any atom is 0.253 e. The number of carbonyl (C=O) groups excluding carboxylic acids is 1. The molecule has 1 atom stereocenters. The number of anilines is 1. The van der Waals surface area contributed by atoms with E-state index in [0.717, 1.165) is 64.5 Å². The van der Waals surface area contributed by atoms with Crippen LogP contribution in [0.4, 0.5) is 5.82 Å². The number of amides is 1. The largest absolute Gasteiger partial charge is 0.367 e. The van der Waals surface area contributed by atoms with E-state index in [1.165, 1.54) is 12.8 Å². The third kappa shape index (κ3) is 5.29. The van der Waals surface area contributed by atoms with Crippen molar-refractivity contribution in [2.45, 2.75) is 31.3 Å². The Balaban J connectivity index is 1.26. The van der Waals surface area contributed by atoms with Crippen LogP contribution >= 0.6 is 0 Å². The van der Waals surface area contributed by atoms with Crippen LogP contribution in [0.25, 0.3) is 33.6 Å². The average Bonchev–Trinajstić information content (AvgIpc) is 3.63. The van der Waals surface area contributed by atoms with Crippen LogP contribution in [0.5, 0.6) is 0 Å². The van der Waals surface area contributed by atoms with E-state index in [4.69, 9.17) is 4.98 Å². The summed E-state index contributed by atoms with van der Waals surface area (Å²) in [4.78, 5) is 31.1. The Labute approximate surface area is 223 Å². The van der Waals surface area contributed by atoms with Crippen molar-refractivity contribution >= 4 is 11.7 Å². The van der Waals surface area contributed by atoms with Crippen LogP contribution < -0.4 is 5.32 Å². The molecule has 1 aromatic carbocycles. The molecule has 1 saturated heterocycles. The maximum absolute atomic E-state index is 13.0. The number of likely N-dealkylation sites (N-methyl/N-ethyl adjacent to an activating group) is 1. The highest BCUT2D eigenvalue weighted by atomic mass is 16.2. The van der Waals surface area contributed by atoms with E-state index in [1.54, 1.807) is 6.20 Å². The molecule has 2 aliphatic rings. The fourth-order valence-electron chi connectivity index (χ4n) is 4.94. The first-order valence-corrected chi connectivity index (χ1v) is 13.2. The van der Waals surface area contributed by atoms with Crippen molar-refractivity contribution in [1.82, 2.24) is 24.8 Å². The number of likely N-dealkylation sites (tertiary alicyclic amines) is 1. The highest BCUT2D eigenvalue weighted by Crippen LogP contribution is 2.32. The number of benzene rings is 1. The van der Waals surface area contributed by atoms with Gasteiger partial charge in [-0.2, -0.15) is 0 Å². The molecule has 6 rings (SSSR count). The van der Waals surface area contributed by atoms with Crippen molar-refractivity contribution in [2.24, 2.45) is 0 Å². The fraction of sp³-hybridized carbons (Fsp3) is 0.290. The second kappa shape index (κ2) is 10.3. The van der Waals surface area contributed by atoms with Crippen molar-refractivity contribution in [3.63, 3.8) is 0 Å². The first-order chi connectivity index (χ1) is 18.5.